The van der Waals surface area contributed by atoms with E-state index in [1.165, 1.54) is 0 Å². The second-order valence-electron chi connectivity index (χ2n) is 4.42. The molecule has 1 fully saturated rings. The number of alkyl halides is 3. The van der Waals surface area contributed by atoms with E-state index >= 15 is 0 Å². The molecular formula is C10H14BrCl3. The maximum atomic E-state index is 6.38. The van der Waals surface area contributed by atoms with Crippen molar-refractivity contribution in [1.82, 2.24) is 0 Å². The molecule has 0 aromatic heterocycles. The molecule has 0 spiro atoms. The average Bonchev–Trinajstić information content (AvgIpc) is 2.01. The third kappa shape index (κ3) is 2.61. The average molecular weight is 320 g/mol. The maximum Gasteiger partial charge on any atom is 0.0590 e. The van der Waals surface area contributed by atoms with Gasteiger partial charge >= 0.3 is 0 Å². The monoisotopic (exact) mass is 318 g/mol. The predicted octanol–water partition coefficient (Wildman–Crippen LogP) is 4.91. The first kappa shape index (κ1) is 13.2. The molecule has 1 aliphatic carbocycles. The van der Waals surface area contributed by atoms with Crippen molar-refractivity contribution in [3.63, 3.8) is 0 Å². The summed E-state index contributed by atoms with van der Waals surface area (Å²) >= 11 is 21.9. The highest BCUT2D eigenvalue weighted by Crippen LogP contribution is 2.50. The molecule has 0 radical (unpaired) electrons. The van der Waals surface area contributed by atoms with Gasteiger partial charge in [-0.15, -0.1) is 23.2 Å². The summed E-state index contributed by atoms with van der Waals surface area (Å²) in [7, 11) is 0. The molecule has 4 heteroatoms. The second-order valence-corrected chi connectivity index (χ2v) is 7.17. The van der Waals surface area contributed by atoms with E-state index in [4.69, 9.17) is 34.8 Å². The molecule has 0 bridgehead atoms. The minimum absolute atomic E-state index is 0.00495. The summed E-state index contributed by atoms with van der Waals surface area (Å²) in [6, 6.07) is 0. The van der Waals surface area contributed by atoms with Gasteiger partial charge in [0.2, 0.25) is 0 Å². The van der Waals surface area contributed by atoms with Crippen molar-refractivity contribution in [2.24, 2.45) is 5.41 Å². The standard InChI is InChI=1S/C10H14BrCl3/c1-9(3-4-12)6-10(2,14)8(13)5-7(9)11/h3-4,7-8H,5-6H2,1-2H3/t7-,8+,9+,10+/m0/s1. The largest absolute Gasteiger partial charge is 0.121 e. The zero-order valence-corrected chi connectivity index (χ0v) is 12.1. The summed E-state index contributed by atoms with van der Waals surface area (Å²) < 4.78 is 0. The lowest BCUT2D eigenvalue weighted by molar-refractivity contribution is 0.260. The summed E-state index contributed by atoms with van der Waals surface area (Å²) in [5, 5.41) is 0.00495. The Morgan fingerprint density at radius 3 is 2.50 bits per heavy atom. The van der Waals surface area contributed by atoms with Gasteiger partial charge in [-0.25, -0.2) is 0 Å². The van der Waals surface area contributed by atoms with Crippen LogP contribution >= 0.6 is 50.7 Å². The van der Waals surface area contributed by atoms with Crippen molar-refractivity contribution in [3.8, 4) is 0 Å². The van der Waals surface area contributed by atoms with Crippen molar-refractivity contribution in [1.29, 1.82) is 0 Å². The summed E-state index contributed by atoms with van der Waals surface area (Å²) in [5.74, 6) is 0. The molecule has 0 heterocycles. The normalized spacial score (nSPS) is 49.9. The van der Waals surface area contributed by atoms with Gasteiger partial charge in [-0.1, -0.05) is 40.5 Å². The van der Waals surface area contributed by atoms with E-state index in [9.17, 15) is 0 Å². The van der Waals surface area contributed by atoms with E-state index in [2.05, 4.69) is 22.9 Å². The highest BCUT2D eigenvalue weighted by molar-refractivity contribution is 9.09. The molecule has 1 rings (SSSR count). The Labute approximate surface area is 109 Å². The van der Waals surface area contributed by atoms with E-state index in [0.717, 1.165) is 12.8 Å². The first-order valence-corrected chi connectivity index (χ1v) is 6.73. The van der Waals surface area contributed by atoms with Gasteiger partial charge < -0.3 is 0 Å². The van der Waals surface area contributed by atoms with Crippen LogP contribution in [0.15, 0.2) is 11.6 Å². The van der Waals surface area contributed by atoms with Crippen molar-refractivity contribution in [3.05, 3.63) is 11.6 Å². The lowest BCUT2D eigenvalue weighted by atomic mass is 9.71. The molecule has 0 aromatic rings. The molecule has 14 heavy (non-hydrogen) atoms. The molecular weight excluding hydrogens is 306 g/mol. The van der Waals surface area contributed by atoms with Crippen LogP contribution in [0.5, 0.6) is 0 Å². The van der Waals surface area contributed by atoms with Gasteiger partial charge in [0.05, 0.1) is 10.3 Å². The van der Waals surface area contributed by atoms with Crippen LogP contribution in [-0.2, 0) is 0 Å². The minimum atomic E-state index is -0.350. The highest BCUT2D eigenvalue weighted by Gasteiger charge is 2.47. The predicted molar refractivity (Wildman–Crippen MR) is 68.9 cm³/mol. The number of hydrogen-bond donors (Lipinski definition) is 0. The molecule has 0 amide bonds. The molecule has 1 aliphatic rings. The number of hydrogen-bond acceptors (Lipinski definition) is 0. The molecule has 82 valence electrons. The molecule has 0 nitrogen and oxygen atoms in total. The summed E-state index contributed by atoms with van der Waals surface area (Å²) in [6.07, 6.45) is 3.69. The molecule has 0 unspecified atom stereocenters. The number of allylic oxidation sites excluding steroid dienone is 1. The minimum Gasteiger partial charge on any atom is -0.121 e. The van der Waals surface area contributed by atoms with Crippen molar-refractivity contribution in [2.45, 2.75) is 41.8 Å². The Kier molecular flexibility index (Phi) is 4.26. The lowest BCUT2D eigenvalue weighted by Crippen LogP contribution is -2.46. The summed E-state index contributed by atoms with van der Waals surface area (Å²) in [5.41, 5.74) is 1.55. The van der Waals surface area contributed by atoms with E-state index in [1.54, 1.807) is 5.54 Å². The smallest absolute Gasteiger partial charge is 0.0590 e. The Hall–Kier alpha value is 1.09. The van der Waals surface area contributed by atoms with Crippen LogP contribution in [0.25, 0.3) is 0 Å². The Balaban J connectivity index is 2.89. The zero-order chi connectivity index (χ0) is 11.0. The maximum absolute atomic E-state index is 6.38. The fourth-order valence-corrected chi connectivity index (χ4v) is 3.79. The first-order valence-electron chi connectivity index (χ1n) is 4.57. The van der Waals surface area contributed by atoms with Gasteiger partial charge in [-0.3, -0.25) is 0 Å². The van der Waals surface area contributed by atoms with Crippen LogP contribution in [-0.4, -0.2) is 15.1 Å². The van der Waals surface area contributed by atoms with Crippen LogP contribution in [0.4, 0.5) is 0 Å². The second kappa shape index (κ2) is 4.53. The van der Waals surface area contributed by atoms with Gasteiger partial charge in [0.25, 0.3) is 0 Å². The first-order chi connectivity index (χ1) is 6.32. The van der Waals surface area contributed by atoms with Crippen LogP contribution in [0.2, 0.25) is 0 Å². The summed E-state index contributed by atoms with van der Waals surface area (Å²) in [6.45, 7) is 4.14. The zero-order valence-electron chi connectivity index (χ0n) is 8.24. The fraction of sp³-hybridized carbons (Fsp3) is 0.800. The van der Waals surface area contributed by atoms with Crippen molar-refractivity contribution >= 4 is 50.7 Å². The molecule has 4 atom stereocenters. The summed E-state index contributed by atoms with van der Waals surface area (Å²) in [4.78, 5) is -0.0175. The third-order valence-corrected chi connectivity index (χ3v) is 5.67. The van der Waals surface area contributed by atoms with Crippen LogP contribution < -0.4 is 0 Å². The van der Waals surface area contributed by atoms with Crippen molar-refractivity contribution in [2.75, 3.05) is 0 Å². The SMILES string of the molecule is C[C@@]1(Cl)C[C@@](C)(C=CCl)[C@@H](Br)C[C@H]1Cl. The molecule has 0 saturated heterocycles. The number of halogens is 4. The molecule has 0 aliphatic heterocycles. The lowest BCUT2D eigenvalue weighted by Gasteiger charge is -2.46. The van der Waals surface area contributed by atoms with E-state index in [-0.39, 0.29) is 15.7 Å². The molecule has 0 aromatic carbocycles. The van der Waals surface area contributed by atoms with Gasteiger partial charge in [0, 0.05) is 15.8 Å². The van der Waals surface area contributed by atoms with Crippen molar-refractivity contribution < 1.29 is 0 Å². The Morgan fingerprint density at radius 2 is 2.00 bits per heavy atom. The van der Waals surface area contributed by atoms with Crippen LogP contribution in [0.3, 0.4) is 0 Å². The Morgan fingerprint density at radius 1 is 1.43 bits per heavy atom. The molecule has 1 saturated carbocycles. The topological polar surface area (TPSA) is 0 Å². The van der Waals surface area contributed by atoms with Crippen LogP contribution in [0, 0.1) is 5.41 Å². The van der Waals surface area contributed by atoms with E-state index < -0.39 is 0 Å². The van der Waals surface area contributed by atoms with Gasteiger partial charge in [0.1, 0.15) is 0 Å². The van der Waals surface area contributed by atoms with E-state index in [0.29, 0.717) is 4.83 Å². The van der Waals surface area contributed by atoms with Gasteiger partial charge in [-0.2, -0.15) is 0 Å². The quantitative estimate of drug-likeness (QED) is 0.602. The van der Waals surface area contributed by atoms with Crippen LogP contribution in [0.1, 0.15) is 26.7 Å². The van der Waals surface area contributed by atoms with Gasteiger partial charge in [-0.05, 0) is 19.8 Å². The fourth-order valence-electron chi connectivity index (χ4n) is 1.97. The highest BCUT2D eigenvalue weighted by atomic mass is 79.9. The third-order valence-electron chi connectivity index (χ3n) is 2.95. The van der Waals surface area contributed by atoms with Gasteiger partial charge in [0.15, 0.2) is 0 Å². The number of rotatable bonds is 1. The molecule has 0 N–H and O–H groups in total. The van der Waals surface area contributed by atoms with E-state index in [1.807, 2.05) is 13.0 Å². The Bertz CT molecular complexity index is 240.